The Labute approximate surface area is 127 Å². The standard InChI is InChI=1S/C16H23NO4/c1-9-8-10(2)19-15(18-9)13-6-5-7-14(17-13)16-20-11(3)12(4)21-16/h5-7,9-12,15-16H,8H2,1-4H3/t9-,10-,11-,12-/m1/s1/i16D. The van der Waals surface area contributed by atoms with E-state index < -0.39 is 12.6 Å². The van der Waals surface area contributed by atoms with E-state index in [1.54, 1.807) is 6.07 Å². The van der Waals surface area contributed by atoms with Crippen LogP contribution >= 0.6 is 0 Å². The van der Waals surface area contributed by atoms with Gasteiger partial charge in [0.1, 0.15) is 0 Å². The molecule has 0 radical (unpaired) electrons. The first-order valence-electron chi connectivity index (χ1n) is 8.01. The highest BCUT2D eigenvalue weighted by Gasteiger charge is 2.33. The zero-order valence-corrected chi connectivity index (χ0v) is 12.9. The first-order valence-corrected chi connectivity index (χ1v) is 7.51. The van der Waals surface area contributed by atoms with Crippen molar-refractivity contribution in [3.05, 3.63) is 29.6 Å². The Morgan fingerprint density at radius 1 is 0.952 bits per heavy atom. The highest BCUT2D eigenvalue weighted by molar-refractivity contribution is 5.14. The zero-order chi connectivity index (χ0) is 15.9. The fourth-order valence-electron chi connectivity index (χ4n) is 2.55. The van der Waals surface area contributed by atoms with Crippen molar-refractivity contribution in [2.45, 2.75) is 71.1 Å². The van der Waals surface area contributed by atoms with Crippen LogP contribution < -0.4 is 0 Å². The molecule has 1 aromatic rings. The zero-order valence-electron chi connectivity index (χ0n) is 13.9. The van der Waals surface area contributed by atoms with E-state index in [9.17, 15) is 0 Å². The van der Waals surface area contributed by atoms with Crippen LogP contribution in [0.15, 0.2) is 18.2 Å². The lowest BCUT2D eigenvalue weighted by molar-refractivity contribution is -0.241. The number of hydrogen-bond acceptors (Lipinski definition) is 5. The molecule has 0 bridgehead atoms. The smallest absolute Gasteiger partial charge is 0.201 e. The summed E-state index contributed by atoms with van der Waals surface area (Å²) in [4.78, 5) is 4.50. The van der Waals surface area contributed by atoms with Crippen LogP contribution in [0.5, 0.6) is 0 Å². The maximum atomic E-state index is 8.38. The summed E-state index contributed by atoms with van der Waals surface area (Å²) in [6, 6.07) is 5.39. The van der Waals surface area contributed by atoms with Crippen LogP contribution in [0.3, 0.4) is 0 Å². The minimum absolute atomic E-state index is 0.114. The van der Waals surface area contributed by atoms with E-state index in [2.05, 4.69) is 4.98 Å². The fourth-order valence-corrected chi connectivity index (χ4v) is 2.55. The number of aromatic nitrogens is 1. The van der Waals surface area contributed by atoms with E-state index in [-0.39, 0.29) is 24.4 Å². The molecule has 3 heterocycles. The van der Waals surface area contributed by atoms with Gasteiger partial charge in [0, 0.05) is 0 Å². The predicted molar refractivity (Wildman–Crippen MR) is 76.5 cm³/mol. The lowest BCUT2D eigenvalue weighted by Crippen LogP contribution is -2.30. The van der Waals surface area contributed by atoms with Gasteiger partial charge < -0.3 is 18.9 Å². The molecule has 0 spiro atoms. The van der Waals surface area contributed by atoms with Crippen LogP contribution in [0.1, 0.15) is 59.4 Å². The van der Waals surface area contributed by atoms with Crippen molar-refractivity contribution in [1.82, 2.24) is 4.98 Å². The molecule has 0 aliphatic carbocycles. The van der Waals surface area contributed by atoms with Gasteiger partial charge in [-0.05, 0) is 46.2 Å². The number of hydrogen-bond donors (Lipinski definition) is 0. The van der Waals surface area contributed by atoms with Crippen LogP contribution in [0.4, 0.5) is 0 Å². The highest BCUT2D eigenvalue weighted by atomic mass is 16.7. The van der Waals surface area contributed by atoms with Gasteiger partial charge in [0.25, 0.3) is 0 Å². The van der Waals surface area contributed by atoms with Gasteiger partial charge in [-0.25, -0.2) is 4.98 Å². The molecule has 21 heavy (non-hydrogen) atoms. The summed E-state index contributed by atoms with van der Waals surface area (Å²) in [6.45, 7) is 7.83. The van der Waals surface area contributed by atoms with E-state index >= 15 is 0 Å². The predicted octanol–water partition coefficient (Wildman–Crippen LogP) is 3.12. The quantitative estimate of drug-likeness (QED) is 0.839. The van der Waals surface area contributed by atoms with Gasteiger partial charge in [0.2, 0.25) is 12.6 Å². The molecule has 5 heteroatoms. The minimum atomic E-state index is -1.57. The monoisotopic (exact) mass is 294 g/mol. The SMILES string of the molecule is [2H]C1(c2cccc(C3O[C@H](C)C[C@@H](C)O3)n2)O[C@H](C)[C@@H](C)O1. The number of rotatable bonds is 2. The summed E-state index contributed by atoms with van der Waals surface area (Å²) in [5.74, 6) is 0. The van der Waals surface area contributed by atoms with Crippen molar-refractivity contribution in [1.29, 1.82) is 0 Å². The fraction of sp³-hybridized carbons (Fsp3) is 0.688. The Balaban J connectivity index is 1.84. The summed E-state index contributed by atoms with van der Waals surface area (Å²) in [5, 5.41) is 0. The Morgan fingerprint density at radius 2 is 1.52 bits per heavy atom. The van der Waals surface area contributed by atoms with Crippen LogP contribution in [-0.2, 0) is 18.9 Å². The molecule has 0 unspecified atom stereocenters. The molecule has 0 N–H and O–H groups in total. The van der Waals surface area contributed by atoms with Gasteiger partial charge in [-0.1, -0.05) is 6.07 Å². The molecule has 116 valence electrons. The lowest BCUT2D eigenvalue weighted by Gasteiger charge is -2.32. The second-order valence-electron chi connectivity index (χ2n) is 5.84. The Hall–Kier alpha value is -1.01. The van der Waals surface area contributed by atoms with E-state index in [1.807, 2.05) is 39.8 Å². The number of ether oxygens (including phenoxy) is 4. The molecule has 3 rings (SSSR count). The molecule has 2 aliphatic heterocycles. The van der Waals surface area contributed by atoms with Gasteiger partial charge >= 0.3 is 0 Å². The van der Waals surface area contributed by atoms with Gasteiger partial charge in [-0.3, -0.25) is 0 Å². The third-order valence-electron chi connectivity index (χ3n) is 3.84. The molecular weight excluding hydrogens is 270 g/mol. The molecule has 2 saturated heterocycles. The summed E-state index contributed by atoms with van der Waals surface area (Å²) >= 11 is 0. The minimum Gasteiger partial charge on any atom is -0.344 e. The summed E-state index contributed by atoms with van der Waals surface area (Å²) in [5.41, 5.74) is 1.06. The Morgan fingerprint density at radius 3 is 2.14 bits per heavy atom. The molecule has 1 aromatic heterocycles. The van der Waals surface area contributed by atoms with Crippen molar-refractivity contribution >= 4 is 0 Å². The van der Waals surface area contributed by atoms with Crippen molar-refractivity contribution < 1.29 is 20.3 Å². The van der Waals surface area contributed by atoms with Crippen molar-refractivity contribution in [2.75, 3.05) is 0 Å². The van der Waals surface area contributed by atoms with Gasteiger partial charge in [-0.15, -0.1) is 0 Å². The van der Waals surface area contributed by atoms with Crippen LogP contribution in [0, 0.1) is 0 Å². The van der Waals surface area contributed by atoms with Gasteiger partial charge in [-0.2, -0.15) is 0 Å². The molecule has 0 aromatic carbocycles. The lowest BCUT2D eigenvalue weighted by atomic mass is 10.1. The highest BCUT2D eigenvalue weighted by Crippen LogP contribution is 2.32. The molecule has 2 fully saturated rings. The van der Waals surface area contributed by atoms with Gasteiger partial charge in [0.15, 0.2) is 0 Å². The molecule has 2 aliphatic rings. The summed E-state index contributed by atoms with van der Waals surface area (Å²) in [6.07, 6.45) is -1.29. The van der Waals surface area contributed by atoms with Crippen LogP contribution in [0.2, 0.25) is 0 Å². The topological polar surface area (TPSA) is 49.8 Å². The third-order valence-corrected chi connectivity index (χ3v) is 3.84. The summed E-state index contributed by atoms with van der Waals surface area (Å²) in [7, 11) is 0. The van der Waals surface area contributed by atoms with Crippen molar-refractivity contribution in [3.8, 4) is 0 Å². The van der Waals surface area contributed by atoms with Crippen LogP contribution in [-0.4, -0.2) is 29.4 Å². The van der Waals surface area contributed by atoms with Crippen LogP contribution in [0.25, 0.3) is 0 Å². The Kier molecular flexibility index (Phi) is 3.90. The number of pyridine rings is 1. The first kappa shape index (κ1) is 13.6. The first-order chi connectivity index (χ1) is 10.4. The molecule has 0 saturated carbocycles. The van der Waals surface area contributed by atoms with Crippen molar-refractivity contribution in [3.63, 3.8) is 0 Å². The Bertz CT molecular complexity index is 521. The summed E-state index contributed by atoms with van der Waals surface area (Å²) < 4.78 is 31.3. The maximum absolute atomic E-state index is 8.38. The largest absolute Gasteiger partial charge is 0.344 e. The third kappa shape index (κ3) is 3.26. The van der Waals surface area contributed by atoms with E-state index in [0.717, 1.165) is 6.42 Å². The second kappa shape index (κ2) is 6.01. The molecule has 5 nitrogen and oxygen atoms in total. The molecule has 0 amide bonds. The number of nitrogens with zero attached hydrogens (tertiary/aromatic N) is 1. The van der Waals surface area contributed by atoms with Crippen molar-refractivity contribution in [2.24, 2.45) is 0 Å². The average molecular weight is 294 g/mol. The normalized spacial score (nSPS) is 40.0. The maximum Gasteiger partial charge on any atom is 0.201 e. The van der Waals surface area contributed by atoms with E-state index in [4.69, 9.17) is 20.3 Å². The molecular formula is C16H23NO4. The van der Waals surface area contributed by atoms with E-state index in [0.29, 0.717) is 11.4 Å². The van der Waals surface area contributed by atoms with E-state index in [1.165, 1.54) is 0 Å². The molecule has 4 atom stereocenters. The second-order valence-corrected chi connectivity index (χ2v) is 5.84. The van der Waals surface area contributed by atoms with Gasteiger partial charge in [0.05, 0.1) is 37.2 Å². The average Bonchev–Trinajstić information content (AvgIpc) is 2.72.